The molecule has 1 atom stereocenters. The zero-order chi connectivity index (χ0) is 29.1. The number of benzene rings is 1. The third-order valence-corrected chi connectivity index (χ3v) is 6.43. The van der Waals surface area contributed by atoms with Gasteiger partial charge in [0.05, 0.1) is 12.7 Å². The summed E-state index contributed by atoms with van der Waals surface area (Å²) in [4.78, 5) is 40.0. The number of amides is 2. The van der Waals surface area contributed by atoms with Crippen LogP contribution >= 0.6 is 0 Å². The SMILES string of the molecule is CCCCCCCCN(C(=O)OC(C)(C)C)[C@@H](CNCc1ccc(C(=O)OC)cc1)C(=O)NCCCCCC. The number of nitrogens with one attached hydrogen (secondary N) is 2. The Labute approximate surface area is 236 Å². The molecule has 0 bridgehead atoms. The van der Waals surface area contributed by atoms with Crippen molar-refractivity contribution in [1.29, 1.82) is 0 Å². The fourth-order valence-electron chi connectivity index (χ4n) is 4.21. The zero-order valence-corrected chi connectivity index (χ0v) is 25.3. The van der Waals surface area contributed by atoms with Gasteiger partial charge < -0.3 is 20.1 Å². The van der Waals surface area contributed by atoms with Gasteiger partial charge in [-0.15, -0.1) is 0 Å². The number of hydrogen-bond donors (Lipinski definition) is 2. The molecule has 8 heteroatoms. The third kappa shape index (κ3) is 14.9. The average Bonchev–Trinajstić information content (AvgIpc) is 2.90. The molecule has 2 N–H and O–H groups in total. The van der Waals surface area contributed by atoms with E-state index in [-0.39, 0.29) is 18.4 Å². The summed E-state index contributed by atoms with van der Waals surface area (Å²) in [6, 6.07) is 6.44. The second-order valence-electron chi connectivity index (χ2n) is 11.1. The Kier molecular flexibility index (Phi) is 17.2. The highest BCUT2D eigenvalue weighted by molar-refractivity contribution is 5.89. The van der Waals surface area contributed by atoms with E-state index in [4.69, 9.17) is 9.47 Å². The molecule has 1 rings (SSSR count). The molecule has 1 aromatic rings. The zero-order valence-electron chi connectivity index (χ0n) is 25.3. The van der Waals surface area contributed by atoms with E-state index >= 15 is 0 Å². The molecule has 0 aromatic heterocycles. The summed E-state index contributed by atoms with van der Waals surface area (Å²) in [5.74, 6) is -0.551. The van der Waals surface area contributed by atoms with E-state index in [1.165, 1.54) is 26.4 Å². The first-order valence-electron chi connectivity index (χ1n) is 14.8. The maximum absolute atomic E-state index is 13.4. The summed E-state index contributed by atoms with van der Waals surface area (Å²) in [6.07, 6.45) is 10.3. The van der Waals surface area contributed by atoms with Crippen LogP contribution in [0.5, 0.6) is 0 Å². The minimum Gasteiger partial charge on any atom is -0.465 e. The Morgan fingerprint density at radius 1 is 0.872 bits per heavy atom. The summed E-state index contributed by atoms with van der Waals surface area (Å²) >= 11 is 0. The number of nitrogens with zero attached hydrogens (tertiary/aromatic N) is 1. The summed E-state index contributed by atoms with van der Waals surface area (Å²) < 4.78 is 10.5. The average molecular weight is 548 g/mol. The van der Waals surface area contributed by atoms with Crippen molar-refractivity contribution in [3.63, 3.8) is 0 Å². The molecule has 1 aromatic carbocycles. The fraction of sp³-hybridized carbons (Fsp3) is 0.710. The molecular weight excluding hydrogens is 494 g/mol. The molecule has 0 aliphatic rings. The van der Waals surface area contributed by atoms with Gasteiger partial charge in [-0.1, -0.05) is 77.3 Å². The molecule has 0 unspecified atom stereocenters. The number of methoxy groups -OCH3 is 1. The molecular formula is C31H53N3O5. The lowest BCUT2D eigenvalue weighted by Crippen LogP contribution is -2.55. The highest BCUT2D eigenvalue weighted by atomic mass is 16.6. The van der Waals surface area contributed by atoms with Crippen LogP contribution in [0, 0.1) is 0 Å². The number of carbonyl (C=O) groups is 3. The smallest absolute Gasteiger partial charge is 0.411 e. The molecule has 0 fully saturated rings. The molecule has 39 heavy (non-hydrogen) atoms. The molecule has 0 aliphatic carbocycles. The van der Waals surface area contributed by atoms with Gasteiger partial charge in [-0.05, 0) is 51.3 Å². The summed E-state index contributed by atoms with van der Waals surface area (Å²) in [5, 5.41) is 6.40. The monoisotopic (exact) mass is 547 g/mol. The second-order valence-corrected chi connectivity index (χ2v) is 11.1. The van der Waals surface area contributed by atoms with E-state index in [2.05, 4.69) is 24.5 Å². The van der Waals surface area contributed by atoms with Crippen molar-refractivity contribution < 1.29 is 23.9 Å². The quantitative estimate of drug-likeness (QED) is 0.158. The molecule has 0 spiro atoms. The van der Waals surface area contributed by atoms with E-state index < -0.39 is 17.7 Å². The first-order valence-corrected chi connectivity index (χ1v) is 14.8. The number of unbranched alkanes of at least 4 members (excludes halogenated alkanes) is 8. The van der Waals surface area contributed by atoms with E-state index in [9.17, 15) is 14.4 Å². The highest BCUT2D eigenvalue weighted by Gasteiger charge is 2.32. The topological polar surface area (TPSA) is 97.0 Å². The molecule has 8 nitrogen and oxygen atoms in total. The van der Waals surface area contributed by atoms with Crippen LogP contribution in [0.15, 0.2) is 24.3 Å². The van der Waals surface area contributed by atoms with Gasteiger partial charge in [0.2, 0.25) is 5.91 Å². The van der Waals surface area contributed by atoms with Gasteiger partial charge in [-0.3, -0.25) is 9.69 Å². The van der Waals surface area contributed by atoms with Crippen molar-refractivity contribution in [3.8, 4) is 0 Å². The number of rotatable bonds is 19. The Balaban J connectivity index is 2.97. The second kappa shape index (κ2) is 19.4. The summed E-state index contributed by atoms with van der Waals surface area (Å²) in [6.45, 7) is 11.7. The Hall–Kier alpha value is -2.61. The molecule has 0 heterocycles. The number of hydrogen-bond acceptors (Lipinski definition) is 6. The van der Waals surface area contributed by atoms with Crippen molar-refractivity contribution in [2.45, 2.75) is 117 Å². The molecule has 2 amide bonds. The minimum atomic E-state index is -0.698. The van der Waals surface area contributed by atoms with Crippen LogP contribution in [0.25, 0.3) is 0 Å². The van der Waals surface area contributed by atoms with Crippen molar-refractivity contribution in [2.75, 3.05) is 26.7 Å². The van der Waals surface area contributed by atoms with Gasteiger partial charge in [-0.25, -0.2) is 9.59 Å². The Morgan fingerprint density at radius 3 is 2.05 bits per heavy atom. The van der Waals surface area contributed by atoms with Crippen molar-refractivity contribution in [2.24, 2.45) is 0 Å². The maximum Gasteiger partial charge on any atom is 0.411 e. The molecule has 222 valence electrons. The van der Waals surface area contributed by atoms with Crippen LogP contribution in [0.4, 0.5) is 4.79 Å². The fourth-order valence-corrected chi connectivity index (χ4v) is 4.21. The Morgan fingerprint density at radius 2 is 1.46 bits per heavy atom. The van der Waals surface area contributed by atoms with Crippen LogP contribution in [0.3, 0.4) is 0 Å². The van der Waals surface area contributed by atoms with Crippen LogP contribution in [0.1, 0.15) is 115 Å². The third-order valence-electron chi connectivity index (χ3n) is 6.43. The van der Waals surface area contributed by atoms with Gasteiger partial charge in [0.15, 0.2) is 0 Å². The van der Waals surface area contributed by atoms with E-state index in [0.29, 0.717) is 25.2 Å². The first kappa shape index (κ1) is 34.4. The molecule has 0 saturated carbocycles. The van der Waals surface area contributed by atoms with Crippen LogP contribution in [-0.2, 0) is 20.8 Å². The van der Waals surface area contributed by atoms with Gasteiger partial charge >= 0.3 is 12.1 Å². The number of esters is 1. The largest absolute Gasteiger partial charge is 0.465 e. The number of carbonyl (C=O) groups excluding carboxylic acids is 3. The first-order chi connectivity index (χ1) is 18.6. The van der Waals surface area contributed by atoms with E-state index in [1.54, 1.807) is 17.0 Å². The van der Waals surface area contributed by atoms with Crippen molar-refractivity contribution in [3.05, 3.63) is 35.4 Å². The van der Waals surface area contributed by atoms with E-state index in [1.807, 2.05) is 32.9 Å². The van der Waals surface area contributed by atoms with Crippen molar-refractivity contribution >= 4 is 18.0 Å². The van der Waals surface area contributed by atoms with Gasteiger partial charge in [0.25, 0.3) is 0 Å². The van der Waals surface area contributed by atoms with E-state index in [0.717, 1.165) is 50.5 Å². The maximum atomic E-state index is 13.4. The highest BCUT2D eigenvalue weighted by Crippen LogP contribution is 2.15. The minimum absolute atomic E-state index is 0.170. The summed E-state index contributed by atoms with van der Waals surface area (Å²) in [5.41, 5.74) is 0.782. The van der Waals surface area contributed by atoms with Crippen molar-refractivity contribution in [1.82, 2.24) is 15.5 Å². The lowest BCUT2D eigenvalue weighted by Gasteiger charge is -2.33. The van der Waals surface area contributed by atoms with Gasteiger partial charge in [0, 0.05) is 26.2 Å². The Bertz CT molecular complexity index is 836. The number of ether oxygens (including phenoxy) is 2. The summed E-state index contributed by atoms with van der Waals surface area (Å²) in [7, 11) is 1.36. The molecule has 0 aliphatic heterocycles. The van der Waals surface area contributed by atoms with Crippen LogP contribution in [0.2, 0.25) is 0 Å². The predicted molar refractivity (Wildman–Crippen MR) is 157 cm³/mol. The van der Waals surface area contributed by atoms with Crippen LogP contribution in [-0.4, -0.2) is 61.3 Å². The lowest BCUT2D eigenvalue weighted by molar-refractivity contribution is -0.126. The lowest BCUT2D eigenvalue weighted by atomic mass is 10.1. The van der Waals surface area contributed by atoms with Gasteiger partial charge in [-0.2, -0.15) is 0 Å². The predicted octanol–water partition coefficient (Wildman–Crippen LogP) is 6.23. The van der Waals surface area contributed by atoms with Crippen LogP contribution < -0.4 is 10.6 Å². The normalized spacial score (nSPS) is 12.1. The van der Waals surface area contributed by atoms with Gasteiger partial charge in [0.1, 0.15) is 11.6 Å². The molecule has 0 saturated heterocycles. The molecule has 0 radical (unpaired) electrons. The standard InChI is InChI=1S/C31H53N3O5/c1-7-9-11-13-14-16-22-34(30(37)39-31(3,4)5)27(28(35)33-21-15-12-10-8-2)24-32-23-25-17-19-26(20-18-25)29(36)38-6/h17-20,27,32H,7-16,21-24H2,1-6H3,(H,33,35)/t27-/m0/s1.